The number of para-hydroxylation sites is 1. The predicted octanol–water partition coefficient (Wildman–Crippen LogP) is 10.1. The zero-order valence-electron chi connectivity index (χ0n) is 29.9. The van der Waals surface area contributed by atoms with Crippen molar-refractivity contribution in [1.82, 2.24) is 9.55 Å². The summed E-state index contributed by atoms with van der Waals surface area (Å²) in [6.07, 6.45) is 0.313. The lowest BCUT2D eigenvalue weighted by atomic mass is 10.1. The second-order valence-electron chi connectivity index (χ2n) is 16.7. The van der Waals surface area contributed by atoms with Gasteiger partial charge in [0.1, 0.15) is 24.1 Å². The molecule has 1 aliphatic rings. The van der Waals surface area contributed by atoms with E-state index in [2.05, 4.69) is 107 Å². The van der Waals surface area contributed by atoms with Crippen LogP contribution < -0.4 is 4.74 Å². The summed E-state index contributed by atoms with van der Waals surface area (Å²) in [4.78, 5) is 4.65. The number of ether oxygens (including phenoxy) is 2. The largest absolute Gasteiger partial charge is 0.439 e. The summed E-state index contributed by atoms with van der Waals surface area (Å²) in [6.45, 7) is 34.5. The molecule has 1 aromatic heterocycles. The van der Waals surface area contributed by atoms with Crippen LogP contribution in [0.3, 0.4) is 0 Å². The molecule has 7 nitrogen and oxygen atoms in total. The number of hydrogen-bond acceptors (Lipinski definition) is 7. The predicted molar refractivity (Wildman–Crippen MR) is 191 cm³/mol. The normalized spacial score (nSPS) is 22.3. The molecule has 1 fully saturated rings. The summed E-state index contributed by atoms with van der Waals surface area (Å²) in [5.74, 6) is 1.14. The maximum atomic E-state index is 7.25. The molecule has 0 saturated carbocycles. The maximum Gasteiger partial charge on any atom is 0.223 e. The summed E-state index contributed by atoms with van der Waals surface area (Å²) in [7, 11) is -6.58. The quantitative estimate of drug-likeness (QED) is 0.183. The van der Waals surface area contributed by atoms with Crippen molar-refractivity contribution in [3.05, 3.63) is 47.4 Å². The molecule has 0 unspecified atom stereocenters. The molecule has 3 rings (SSSR count). The second kappa shape index (κ2) is 13.1. The minimum atomic E-state index is -2.28. The van der Waals surface area contributed by atoms with E-state index < -0.39 is 37.3 Å². The average Bonchev–Trinajstić information content (AvgIpc) is 3.17. The lowest BCUT2D eigenvalue weighted by molar-refractivity contribution is -0.0501. The van der Waals surface area contributed by atoms with Crippen molar-refractivity contribution in [2.24, 2.45) is 0 Å². The molecule has 0 amide bonds. The maximum absolute atomic E-state index is 7.25. The Labute approximate surface area is 275 Å². The molecule has 0 aliphatic carbocycles. The summed E-state index contributed by atoms with van der Waals surface area (Å²) in [6, 6.07) is 11.4. The highest BCUT2D eigenvalue weighted by Gasteiger charge is 2.55. The summed E-state index contributed by atoms with van der Waals surface area (Å²) >= 11 is 5.87. The van der Waals surface area contributed by atoms with Crippen molar-refractivity contribution in [3.8, 4) is 11.6 Å². The van der Waals surface area contributed by atoms with E-state index in [-0.39, 0.29) is 27.3 Å². The van der Waals surface area contributed by atoms with E-state index in [0.717, 1.165) is 0 Å². The topological polar surface area (TPSA) is 64.0 Å². The number of rotatable bonds is 10. The van der Waals surface area contributed by atoms with Gasteiger partial charge in [-0.3, -0.25) is 4.57 Å². The molecule has 1 aromatic carbocycles. The van der Waals surface area contributed by atoms with Gasteiger partial charge < -0.3 is 22.8 Å². The van der Waals surface area contributed by atoms with Crippen molar-refractivity contribution < 1.29 is 22.8 Å². The summed E-state index contributed by atoms with van der Waals surface area (Å²) < 4.78 is 36.5. The third kappa shape index (κ3) is 8.58. The van der Waals surface area contributed by atoms with E-state index in [1.54, 1.807) is 0 Å². The Morgan fingerprint density at radius 3 is 1.73 bits per heavy atom. The summed E-state index contributed by atoms with van der Waals surface area (Å²) in [5.41, 5.74) is 0. The number of hydrogen-bond donors (Lipinski definition) is 0. The van der Waals surface area contributed by atoms with E-state index in [4.69, 9.17) is 35.0 Å². The number of aromatic nitrogens is 2. The van der Waals surface area contributed by atoms with Gasteiger partial charge in [0.15, 0.2) is 31.2 Å². The third-order valence-corrected chi connectivity index (χ3v) is 24.0. The molecular weight excluding hydrogens is 621 g/mol. The Bertz CT molecular complexity index is 1310. The van der Waals surface area contributed by atoms with Gasteiger partial charge in [0, 0.05) is 12.3 Å². The lowest BCUT2D eigenvalue weighted by Crippen LogP contribution is -2.54. The first-order valence-corrected chi connectivity index (χ1v) is 25.0. The highest BCUT2D eigenvalue weighted by Crippen LogP contribution is 2.46. The highest BCUT2D eigenvalue weighted by atomic mass is 32.1. The van der Waals surface area contributed by atoms with E-state index in [1.165, 1.54) is 0 Å². The van der Waals surface area contributed by atoms with E-state index in [1.807, 2.05) is 47.2 Å². The van der Waals surface area contributed by atoms with Crippen molar-refractivity contribution >= 4 is 37.2 Å². The molecule has 0 radical (unpaired) electrons. The molecule has 44 heavy (non-hydrogen) atoms. The van der Waals surface area contributed by atoms with Crippen molar-refractivity contribution in [2.75, 3.05) is 6.61 Å². The number of nitrogens with zero attached hydrogens (tertiary/aromatic N) is 2. The minimum Gasteiger partial charge on any atom is -0.439 e. The van der Waals surface area contributed by atoms with Crippen LogP contribution >= 0.6 is 12.2 Å². The monoisotopic (exact) mass is 678 g/mol. The van der Waals surface area contributed by atoms with Crippen molar-refractivity contribution in [1.29, 1.82) is 0 Å². The Morgan fingerprint density at radius 1 is 0.750 bits per heavy atom. The van der Waals surface area contributed by atoms with Gasteiger partial charge in [0.2, 0.25) is 10.7 Å². The van der Waals surface area contributed by atoms with Gasteiger partial charge >= 0.3 is 0 Å². The molecule has 0 bridgehead atoms. The molecule has 11 heteroatoms. The van der Waals surface area contributed by atoms with Gasteiger partial charge in [-0.25, -0.2) is 0 Å². The molecule has 0 N–H and O–H groups in total. The molecule has 2 aromatic rings. The molecule has 1 aliphatic heterocycles. The van der Waals surface area contributed by atoms with Crippen molar-refractivity contribution in [3.63, 3.8) is 0 Å². The fourth-order valence-electron chi connectivity index (χ4n) is 4.13. The Morgan fingerprint density at radius 2 is 1.25 bits per heavy atom. The Hall–Kier alpha value is -1.19. The SMILES string of the molecule is CC(C)(C)[Si](C)(C)OC[C@H]1O[C@@H](n2ccc(Oc3ccccc3)nc2=S)[C@H](O[Si](C)(C)C(C)(C)C)[C@@H]1O[Si](C)(C)C(C)(C)C. The van der Waals surface area contributed by atoms with Gasteiger partial charge in [-0.1, -0.05) is 80.5 Å². The lowest BCUT2D eigenvalue weighted by Gasteiger charge is -2.44. The Balaban J connectivity index is 2.10. The second-order valence-corrected chi connectivity index (χ2v) is 31.4. The van der Waals surface area contributed by atoms with Crippen LogP contribution in [0.2, 0.25) is 54.4 Å². The first-order chi connectivity index (χ1) is 19.9. The molecule has 1 saturated heterocycles. The molecule has 0 spiro atoms. The standard InChI is InChI=1S/C33H58N2O5SSi3/c1-31(2,3)42(10,11)36-23-25-27(39-43(12,13)32(4,5)6)28(40-44(14,15)33(7,8)9)29(38-25)35-22-21-26(34-30(35)41)37-24-19-17-16-18-20-24/h16-22,25,27-29H,23H2,1-15H3/t25-,27-,28-,29-/m1/s1. The van der Waals surface area contributed by atoms with Gasteiger partial charge in [-0.15, -0.1) is 0 Å². The smallest absolute Gasteiger partial charge is 0.223 e. The van der Waals surface area contributed by atoms with Gasteiger partial charge in [-0.05, 0) is 78.7 Å². The van der Waals surface area contributed by atoms with Gasteiger partial charge in [0.25, 0.3) is 0 Å². The zero-order valence-corrected chi connectivity index (χ0v) is 33.7. The molecule has 4 atom stereocenters. The van der Waals surface area contributed by atoms with Crippen LogP contribution in [-0.2, 0) is 18.0 Å². The third-order valence-electron chi connectivity index (χ3n) is 10.2. The van der Waals surface area contributed by atoms with Gasteiger partial charge in [-0.2, -0.15) is 4.98 Å². The van der Waals surface area contributed by atoms with E-state index in [0.29, 0.717) is 23.0 Å². The van der Waals surface area contributed by atoms with Crippen LogP contribution in [0.4, 0.5) is 0 Å². The Kier molecular flexibility index (Phi) is 11.1. The van der Waals surface area contributed by atoms with Crippen LogP contribution in [0.25, 0.3) is 0 Å². The fourth-order valence-corrected chi connectivity index (χ4v) is 8.00. The van der Waals surface area contributed by atoms with Gasteiger partial charge in [0.05, 0.1) is 6.61 Å². The summed E-state index contributed by atoms with van der Waals surface area (Å²) in [5, 5.41) is 0.0620. The molecule has 2 heterocycles. The fraction of sp³-hybridized carbons (Fsp3) is 0.697. The van der Waals surface area contributed by atoms with Crippen molar-refractivity contribution in [2.45, 2.75) is 141 Å². The minimum absolute atomic E-state index is 0.00570. The van der Waals surface area contributed by atoms with Crippen LogP contribution in [0.5, 0.6) is 11.6 Å². The van der Waals surface area contributed by atoms with Crippen LogP contribution in [0.15, 0.2) is 42.6 Å². The average molecular weight is 679 g/mol. The van der Waals surface area contributed by atoms with E-state index >= 15 is 0 Å². The van der Waals surface area contributed by atoms with Crippen LogP contribution in [-0.4, -0.2) is 59.4 Å². The molecule has 248 valence electrons. The number of benzene rings is 1. The van der Waals surface area contributed by atoms with E-state index in [9.17, 15) is 0 Å². The van der Waals surface area contributed by atoms with Crippen LogP contribution in [0, 0.1) is 4.77 Å². The highest BCUT2D eigenvalue weighted by molar-refractivity contribution is 7.71. The first kappa shape index (κ1) is 37.3. The molecular formula is C33H58N2O5SSi3. The van der Waals surface area contributed by atoms with Crippen LogP contribution in [0.1, 0.15) is 68.5 Å². The first-order valence-electron chi connectivity index (χ1n) is 15.8. The zero-order chi connectivity index (χ0) is 33.5.